The Hall–Kier alpha value is -2.08. The first-order valence-electron chi connectivity index (χ1n) is 5.78. The summed E-state index contributed by atoms with van der Waals surface area (Å²) in [5.41, 5.74) is 6.15. The van der Waals surface area contributed by atoms with Crippen molar-refractivity contribution in [3.63, 3.8) is 0 Å². The first kappa shape index (κ1) is 15.0. The van der Waals surface area contributed by atoms with E-state index in [1.165, 1.54) is 7.11 Å². The van der Waals surface area contributed by atoms with Crippen molar-refractivity contribution in [2.45, 2.75) is 18.9 Å². The van der Waals surface area contributed by atoms with Crippen molar-refractivity contribution >= 4 is 11.9 Å². The van der Waals surface area contributed by atoms with Gasteiger partial charge in [-0.2, -0.15) is 0 Å². The van der Waals surface area contributed by atoms with Crippen molar-refractivity contribution in [2.75, 3.05) is 7.11 Å². The van der Waals surface area contributed by atoms with Crippen LogP contribution < -0.4 is 10.5 Å². The molecule has 1 aromatic rings. The highest BCUT2D eigenvalue weighted by Gasteiger charge is 2.24. The van der Waals surface area contributed by atoms with Gasteiger partial charge in [-0.15, -0.1) is 0 Å². The second-order valence-electron chi connectivity index (χ2n) is 4.27. The highest BCUT2D eigenvalue weighted by atomic mass is 16.5. The minimum atomic E-state index is -1.20. The van der Waals surface area contributed by atoms with Crippen molar-refractivity contribution in [1.29, 1.82) is 0 Å². The molecule has 0 saturated carbocycles. The number of methoxy groups -OCH3 is 1. The van der Waals surface area contributed by atoms with Gasteiger partial charge in [0.1, 0.15) is 11.8 Å². The topological polar surface area (TPSA) is 110 Å². The van der Waals surface area contributed by atoms with E-state index >= 15 is 0 Å². The zero-order valence-electron chi connectivity index (χ0n) is 10.6. The number of hydrogen-bond acceptors (Lipinski definition) is 4. The molecule has 6 heteroatoms. The highest BCUT2D eigenvalue weighted by molar-refractivity contribution is 5.76. The van der Waals surface area contributed by atoms with Gasteiger partial charge >= 0.3 is 11.9 Å². The van der Waals surface area contributed by atoms with E-state index in [1.54, 1.807) is 24.3 Å². The molecule has 0 aliphatic rings. The van der Waals surface area contributed by atoms with Gasteiger partial charge in [0.25, 0.3) is 0 Å². The van der Waals surface area contributed by atoms with Gasteiger partial charge in [0.2, 0.25) is 0 Å². The van der Waals surface area contributed by atoms with E-state index in [-0.39, 0.29) is 12.8 Å². The van der Waals surface area contributed by atoms with E-state index in [4.69, 9.17) is 20.7 Å². The second kappa shape index (κ2) is 6.75. The summed E-state index contributed by atoms with van der Waals surface area (Å²) < 4.78 is 5.05. The lowest BCUT2D eigenvalue weighted by molar-refractivity contribution is -0.143. The molecule has 1 aromatic carbocycles. The zero-order valence-corrected chi connectivity index (χ0v) is 10.6. The first-order valence-corrected chi connectivity index (χ1v) is 5.78. The summed E-state index contributed by atoms with van der Waals surface area (Å²) in [6.07, 6.45) is 0.107. The maximum atomic E-state index is 11.1. The Morgan fingerprint density at radius 2 is 2.00 bits per heavy atom. The SMILES string of the molecule is COc1cccc(C[C@H](C[C@H](N)C(=O)O)C(=O)O)c1. The summed E-state index contributed by atoms with van der Waals surface area (Å²) in [6, 6.07) is 5.83. The summed E-state index contributed by atoms with van der Waals surface area (Å²) >= 11 is 0. The monoisotopic (exact) mass is 267 g/mol. The molecule has 104 valence electrons. The van der Waals surface area contributed by atoms with Crippen molar-refractivity contribution in [2.24, 2.45) is 11.7 Å². The molecule has 6 nitrogen and oxygen atoms in total. The predicted octanol–water partition coefficient (Wildman–Crippen LogP) is 0.740. The quantitative estimate of drug-likeness (QED) is 0.672. The molecule has 4 N–H and O–H groups in total. The number of rotatable bonds is 7. The van der Waals surface area contributed by atoms with Crippen LogP contribution in [0.3, 0.4) is 0 Å². The number of hydrogen-bond donors (Lipinski definition) is 3. The number of benzene rings is 1. The third-order valence-corrected chi connectivity index (χ3v) is 2.82. The van der Waals surface area contributed by atoms with Gasteiger partial charge in [0.05, 0.1) is 13.0 Å². The average Bonchev–Trinajstić information content (AvgIpc) is 2.37. The van der Waals surface area contributed by atoms with Gasteiger partial charge in [-0.25, -0.2) is 0 Å². The van der Waals surface area contributed by atoms with Crippen molar-refractivity contribution in [3.05, 3.63) is 29.8 Å². The number of carboxylic acids is 2. The lowest BCUT2D eigenvalue weighted by Gasteiger charge is -2.15. The van der Waals surface area contributed by atoms with Gasteiger partial charge in [-0.05, 0) is 30.5 Å². The average molecular weight is 267 g/mol. The second-order valence-corrected chi connectivity index (χ2v) is 4.27. The van der Waals surface area contributed by atoms with Gasteiger partial charge < -0.3 is 20.7 Å². The van der Waals surface area contributed by atoms with Crippen LogP contribution in [0.25, 0.3) is 0 Å². The third kappa shape index (κ3) is 4.59. The van der Waals surface area contributed by atoms with Crippen LogP contribution >= 0.6 is 0 Å². The number of carbonyl (C=O) groups is 2. The smallest absolute Gasteiger partial charge is 0.320 e. The molecule has 0 aliphatic heterocycles. The Balaban J connectivity index is 2.78. The Morgan fingerprint density at radius 1 is 1.32 bits per heavy atom. The number of ether oxygens (including phenoxy) is 1. The largest absolute Gasteiger partial charge is 0.497 e. The van der Waals surface area contributed by atoms with Crippen LogP contribution in [0, 0.1) is 5.92 Å². The Kier molecular flexibility index (Phi) is 5.32. The molecule has 1 rings (SSSR count). The molecule has 0 radical (unpaired) electrons. The molecule has 0 fully saturated rings. The zero-order chi connectivity index (χ0) is 14.4. The Morgan fingerprint density at radius 3 is 2.53 bits per heavy atom. The van der Waals surface area contributed by atoms with Crippen molar-refractivity contribution < 1.29 is 24.5 Å². The number of nitrogens with two attached hydrogens (primary N) is 1. The van der Waals surface area contributed by atoms with Crippen molar-refractivity contribution in [3.8, 4) is 5.75 Å². The molecular formula is C13H17NO5. The normalized spacial score (nSPS) is 13.6. The molecule has 19 heavy (non-hydrogen) atoms. The van der Waals surface area contributed by atoms with Gasteiger partial charge in [-0.3, -0.25) is 9.59 Å². The minimum Gasteiger partial charge on any atom is -0.497 e. The number of aliphatic carboxylic acids is 2. The molecule has 2 atom stereocenters. The molecule has 0 saturated heterocycles. The van der Waals surface area contributed by atoms with Crippen LogP contribution in [0.4, 0.5) is 0 Å². The summed E-state index contributed by atoms with van der Waals surface area (Å²) in [7, 11) is 1.52. The lowest BCUT2D eigenvalue weighted by atomic mass is 9.93. The fraction of sp³-hybridized carbons (Fsp3) is 0.385. The van der Waals surface area contributed by atoms with E-state index in [2.05, 4.69) is 0 Å². The van der Waals surface area contributed by atoms with Crippen LogP contribution in [-0.4, -0.2) is 35.3 Å². The Labute approximate surface area is 110 Å². The van der Waals surface area contributed by atoms with Gasteiger partial charge in [0.15, 0.2) is 0 Å². The van der Waals surface area contributed by atoms with Gasteiger partial charge in [0, 0.05) is 0 Å². The van der Waals surface area contributed by atoms with E-state index in [9.17, 15) is 9.59 Å². The van der Waals surface area contributed by atoms with Crippen LogP contribution in [0.1, 0.15) is 12.0 Å². The van der Waals surface area contributed by atoms with E-state index in [0.29, 0.717) is 5.75 Å². The van der Waals surface area contributed by atoms with Crippen LogP contribution in [0.15, 0.2) is 24.3 Å². The van der Waals surface area contributed by atoms with Crippen LogP contribution in [-0.2, 0) is 16.0 Å². The van der Waals surface area contributed by atoms with Crippen molar-refractivity contribution in [1.82, 2.24) is 0 Å². The molecule has 0 aliphatic carbocycles. The van der Waals surface area contributed by atoms with E-state index in [1.807, 2.05) is 0 Å². The predicted molar refractivity (Wildman–Crippen MR) is 68.1 cm³/mol. The molecule has 0 unspecified atom stereocenters. The van der Waals surface area contributed by atoms with Crippen LogP contribution in [0.5, 0.6) is 5.75 Å². The molecule has 0 bridgehead atoms. The molecule has 0 aromatic heterocycles. The summed E-state index contributed by atoms with van der Waals surface area (Å²) in [6.45, 7) is 0. The molecule has 0 heterocycles. The fourth-order valence-electron chi connectivity index (χ4n) is 1.76. The summed E-state index contributed by atoms with van der Waals surface area (Å²) in [5, 5.41) is 17.8. The van der Waals surface area contributed by atoms with E-state index in [0.717, 1.165) is 5.56 Å². The third-order valence-electron chi connectivity index (χ3n) is 2.82. The Bertz CT molecular complexity index is 460. The maximum Gasteiger partial charge on any atom is 0.320 e. The van der Waals surface area contributed by atoms with Crippen LogP contribution in [0.2, 0.25) is 0 Å². The lowest BCUT2D eigenvalue weighted by Crippen LogP contribution is -2.35. The summed E-state index contributed by atoms with van der Waals surface area (Å²) in [4.78, 5) is 21.8. The first-order chi connectivity index (χ1) is 8.93. The molecule has 0 spiro atoms. The fourth-order valence-corrected chi connectivity index (χ4v) is 1.76. The summed E-state index contributed by atoms with van der Waals surface area (Å²) in [5.74, 6) is -2.46. The van der Waals surface area contributed by atoms with E-state index < -0.39 is 23.9 Å². The molecule has 0 amide bonds. The number of carboxylic acid groups (broad SMARTS) is 2. The van der Waals surface area contributed by atoms with Gasteiger partial charge in [-0.1, -0.05) is 12.1 Å². The standard InChI is InChI=1S/C13H17NO5/c1-19-10-4-2-3-8(6-10)5-9(12(15)16)7-11(14)13(17)18/h2-4,6,9,11H,5,7,14H2,1H3,(H,15,16)(H,17,18)/t9-,11+/m1/s1. The minimum absolute atomic E-state index is 0.109. The highest BCUT2D eigenvalue weighted by Crippen LogP contribution is 2.18. The molecular weight excluding hydrogens is 250 g/mol. The maximum absolute atomic E-state index is 11.1.